The number of hydrazone groups is 1. The van der Waals surface area contributed by atoms with Crippen LogP contribution in [0.25, 0.3) is 6.08 Å². The topological polar surface area (TPSA) is 51.1 Å². The van der Waals surface area contributed by atoms with Crippen molar-refractivity contribution in [3.05, 3.63) is 92.2 Å². The molecule has 4 rings (SSSR count). The molecule has 38 heavy (non-hydrogen) atoms. The van der Waals surface area contributed by atoms with Gasteiger partial charge in [0.25, 0.3) is 5.91 Å². The highest BCUT2D eigenvalue weighted by Crippen LogP contribution is 2.35. The van der Waals surface area contributed by atoms with Gasteiger partial charge in [-0.15, -0.1) is 0 Å². The second-order valence-corrected chi connectivity index (χ2v) is 8.79. The van der Waals surface area contributed by atoms with Crippen LogP contribution < -0.4 is 14.5 Å². The Morgan fingerprint density at radius 1 is 0.895 bits per heavy atom. The average Bonchev–Trinajstić information content (AvgIpc) is 3.15. The van der Waals surface area contributed by atoms with Crippen LogP contribution in [0.3, 0.4) is 0 Å². The Balaban J connectivity index is 1.63. The molecule has 1 aliphatic rings. The first-order chi connectivity index (χ1) is 18.0. The van der Waals surface area contributed by atoms with Crippen LogP contribution in [-0.2, 0) is 11.4 Å². The van der Waals surface area contributed by atoms with Crippen molar-refractivity contribution in [2.24, 2.45) is 5.10 Å². The molecule has 0 atom stereocenters. The molecule has 3 aromatic rings. The van der Waals surface area contributed by atoms with Crippen LogP contribution in [0.4, 0.5) is 27.6 Å². The van der Waals surface area contributed by atoms with Gasteiger partial charge in [-0.05, 0) is 49.8 Å². The number of benzene rings is 3. The highest BCUT2D eigenvalue weighted by molar-refractivity contribution is 6.35. The van der Waals surface area contributed by atoms with E-state index >= 15 is 0 Å². The molecular weight excluding hydrogens is 554 g/mol. The standard InChI is InChI=1S/C26H17Cl2F5N2O3/c1-3-37-19-9-13(4-7-18(19)38-11-14-5-6-15(27)10-17(14)28)8-16-12(2)34-35(26(16)36)25-23(32)21(30)20(29)22(31)24(25)33/h4-10H,3,11H2,1-2H3/b16-8+. The molecular formula is C26H17Cl2F5N2O3. The van der Waals surface area contributed by atoms with E-state index in [0.29, 0.717) is 32.7 Å². The summed E-state index contributed by atoms with van der Waals surface area (Å²) in [5.41, 5.74) is -0.495. The lowest BCUT2D eigenvalue weighted by molar-refractivity contribution is -0.114. The minimum absolute atomic E-state index is 0.00499. The summed E-state index contributed by atoms with van der Waals surface area (Å²) in [7, 11) is 0. The molecule has 5 nitrogen and oxygen atoms in total. The van der Waals surface area contributed by atoms with Crippen molar-refractivity contribution in [2.45, 2.75) is 20.5 Å². The number of carbonyl (C=O) groups excluding carboxylic acids is 1. The summed E-state index contributed by atoms with van der Waals surface area (Å²) in [4.78, 5) is 12.9. The number of halogens is 7. The van der Waals surface area contributed by atoms with Gasteiger partial charge in [0.1, 0.15) is 12.3 Å². The van der Waals surface area contributed by atoms with Gasteiger partial charge in [0.05, 0.1) is 17.9 Å². The number of carbonyl (C=O) groups is 1. The second kappa shape index (κ2) is 11.0. The zero-order valence-corrected chi connectivity index (χ0v) is 21.2. The van der Waals surface area contributed by atoms with Crippen LogP contribution in [-0.4, -0.2) is 18.2 Å². The Kier molecular flexibility index (Phi) is 7.94. The Labute approximate surface area is 223 Å². The molecule has 198 valence electrons. The van der Waals surface area contributed by atoms with E-state index in [1.807, 2.05) is 0 Å². The number of anilines is 1. The maximum atomic E-state index is 14.3. The van der Waals surface area contributed by atoms with Crippen LogP contribution in [0.15, 0.2) is 47.1 Å². The van der Waals surface area contributed by atoms with E-state index in [1.54, 1.807) is 43.3 Å². The van der Waals surface area contributed by atoms with Gasteiger partial charge in [-0.2, -0.15) is 10.1 Å². The van der Waals surface area contributed by atoms with Gasteiger partial charge in [0.15, 0.2) is 34.8 Å². The van der Waals surface area contributed by atoms with Crippen molar-refractivity contribution in [1.29, 1.82) is 0 Å². The van der Waals surface area contributed by atoms with Crippen LogP contribution in [0, 0.1) is 29.1 Å². The van der Waals surface area contributed by atoms with Crippen LogP contribution >= 0.6 is 23.2 Å². The average molecular weight is 571 g/mol. The summed E-state index contributed by atoms with van der Waals surface area (Å²) < 4.78 is 80.9. The number of amides is 1. The highest BCUT2D eigenvalue weighted by atomic mass is 35.5. The molecule has 0 spiro atoms. The predicted octanol–water partition coefficient (Wildman–Crippen LogP) is 7.47. The predicted molar refractivity (Wildman–Crippen MR) is 133 cm³/mol. The summed E-state index contributed by atoms with van der Waals surface area (Å²) in [6, 6.07) is 9.68. The highest BCUT2D eigenvalue weighted by Gasteiger charge is 2.37. The van der Waals surface area contributed by atoms with E-state index in [2.05, 4.69) is 5.10 Å². The summed E-state index contributed by atoms with van der Waals surface area (Å²) in [6.45, 7) is 3.50. The minimum Gasteiger partial charge on any atom is -0.490 e. The first-order valence-corrected chi connectivity index (χ1v) is 11.8. The van der Waals surface area contributed by atoms with E-state index in [0.717, 1.165) is 0 Å². The SMILES string of the molecule is CCOc1cc(/C=C2/C(=O)N(c3c(F)c(F)c(F)c(F)c3F)N=C2C)ccc1OCc1ccc(Cl)cc1Cl. The summed E-state index contributed by atoms with van der Waals surface area (Å²) in [5.74, 6) is -11.4. The van der Waals surface area contributed by atoms with Crippen molar-refractivity contribution in [3.63, 3.8) is 0 Å². The number of ether oxygens (including phenoxy) is 2. The first-order valence-electron chi connectivity index (χ1n) is 11.0. The normalized spacial score (nSPS) is 14.3. The zero-order chi connectivity index (χ0) is 27.7. The smallest absolute Gasteiger partial charge is 0.280 e. The van der Waals surface area contributed by atoms with Gasteiger partial charge in [-0.1, -0.05) is 35.3 Å². The largest absolute Gasteiger partial charge is 0.490 e. The molecule has 0 N–H and O–H groups in total. The number of nitrogens with zero attached hydrogens (tertiary/aromatic N) is 2. The second-order valence-electron chi connectivity index (χ2n) is 7.94. The van der Waals surface area contributed by atoms with E-state index < -0.39 is 40.7 Å². The Bertz CT molecular complexity index is 1480. The van der Waals surface area contributed by atoms with Crippen LogP contribution in [0.2, 0.25) is 10.0 Å². The lowest BCUT2D eigenvalue weighted by Crippen LogP contribution is -2.25. The monoisotopic (exact) mass is 570 g/mol. The lowest BCUT2D eigenvalue weighted by atomic mass is 10.1. The molecule has 1 heterocycles. The maximum absolute atomic E-state index is 14.3. The van der Waals surface area contributed by atoms with Gasteiger partial charge >= 0.3 is 0 Å². The summed E-state index contributed by atoms with van der Waals surface area (Å²) in [6.07, 6.45) is 1.34. The van der Waals surface area contributed by atoms with Gasteiger partial charge in [0, 0.05) is 15.6 Å². The van der Waals surface area contributed by atoms with E-state index in [-0.39, 0.29) is 29.5 Å². The Morgan fingerprint density at radius 3 is 2.18 bits per heavy atom. The van der Waals surface area contributed by atoms with Gasteiger partial charge in [-0.3, -0.25) is 4.79 Å². The molecule has 3 aromatic carbocycles. The third kappa shape index (κ3) is 5.19. The third-order valence-electron chi connectivity index (χ3n) is 5.44. The fraction of sp³-hybridized carbons (Fsp3) is 0.154. The maximum Gasteiger partial charge on any atom is 0.280 e. The van der Waals surface area contributed by atoms with Crippen molar-refractivity contribution in [3.8, 4) is 11.5 Å². The zero-order valence-electron chi connectivity index (χ0n) is 19.7. The molecule has 0 bridgehead atoms. The molecule has 1 aliphatic heterocycles. The Hall–Kier alpha value is -3.63. The van der Waals surface area contributed by atoms with Crippen molar-refractivity contribution in [1.82, 2.24) is 0 Å². The van der Waals surface area contributed by atoms with Crippen molar-refractivity contribution >= 4 is 46.6 Å². The van der Waals surface area contributed by atoms with E-state index in [9.17, 15) is 26.7 Å². The number of hydrogen-bond donors (Lipinski definition) is 0. The van der Waals surface area contributed by atoms with Gasteiger partial charge in [0.2, 0.25) is 5.82 Å². The quantitative estimate of drug-likeness (QED) is 0.128. The Morgan fingerprint density at radius 2 is 1.55 bits per heavy atom. The van der Waals surface area contributed by atoms with Crippen molar-refractivity contribution in [2.75, 3.05) is 11.6 Å². The first kappa shape index (κ1) is 27.4. The number of hydrogen-bond acceptors (Lipinski definition) is 4. The van der Waals surface area contributed by atoms with E-state index in [4.69, 9.17) is 32.7 Å². The van der Waals surface area contributed by atoms with Crippen LogP contribution in [0.1, 0.15) is 25.0 Å². The van der Waals surface area contributed by atoms with E-state index in [1.165, 1.54) is 13.0 Å². The molecule has 0 radical (unpaired) electrons. The lowest BCUT2D eigenvalue weighted by Gasteiger charge is -2.15. The third-order valence-corrected chi connectivity index (χ3v) is 6.02. The fourth-order valence-electron chi connectivity index (χ4n) is 3.58. The molecule has 0 saturated heterocycles. The number of rotatable bonds is 7. The fourth-order valence-corrected chi connectivity index (χ4v) is 4.04. The summed E-state index contributed by atoms with van der Waals surface area (Å²) in [5, 5.41) is 4.77. The summed E-state index contributed by atoms with van der Waals surface area (Å²) >= 11 is 12.1. The minimum atomic E-state index is -2.34. The molecule has 12 heteroatoms. The molecule has 0 fully saturated rings. The van der Waals surface area contributed by atoms with Gasteiger partial charge in [-0.25, -0.2) is 22.0 Å². The molecule has 1 amide bonds. The molecule has 0 saturated carbocycles. The molecule has 0 unspecified atom stereocenters. The van der Waals surface area contributed by atoms with Gasteiger partial charge < -0.3 is 9.47 Å². The van der Waals surface area contributed by atoms with Crippen molar-refractivity contribution < 1.29 is 36.2 Å². The molecule has 0 aromatic heterocycles. The van der Waals surface area contributed by atoms with Crippen LogP contribution in [0.5, 0.6) is 11.5 Å². The molecule has 0 aliphatic carbocycles.